The summed E-state index contributed by atoms with van der Waals surface area (Å²) in [4.78, 5) is 2.18. The molecule has 1 rings (SSSR count). The summed E-state index contributed by atoms with van der Waals surface area (Å²) >= 11 is 11.6. The second kappa shape index (κ2) is 9.93. The average Bonchev–Trinajstić information content (AvgIpc) is 2.44. The normalized spacial score (nSPS) is 11.1. The van der Waals surface area contributed by atoms with Crippen LogP contribution in [-0.2, 0) is 6.42 Å². The summed E-state index contributed by atoms with van der Waals surface area (Å²) in [6, 6.07) is 8.46. The SMILES string of the molecule is O/N=C/CCCc1ccc(N(CCCl)CCCl)cc1. The summed E-state index contributed by atoms with van der Waals surface area (Å²) in [7, 11) is 0. The summed E-state index contributed by atoms with van der Waals surface area (Å²) in [5.41, 5.74) is 2.44. The zero-order valence-electron chi connectivity index (χ0n) is 10.9. The second-order valence-corrected chi connectivity index (χ2v) is 4.98. The fourth-order valence-electron chi connectivity index (χ4n) is 1.90. The van der Waals surface area contributed by atoms with Crippen LogP contribution in [0.3, 0.4) is 0 Å². The van der Waals surface area contributed by atoms with Crippen LogP contribution in [0.1, 0.15) is 18.4 Å². The van der Waals surface area contributed by atoms with E-state index < -0.39 is 0 Å². The molecule has 3 nitrogen and oxygen atoms in total. The molecule has 0 aliphatic rings. The lowest BCUT2D eigenvalue weighted by Crippen LogP contribution is -2.27. The van der Waals surface area contributed by atoms with Gasteiger partial charge in [0.1, 0.15) is 0 Å². The summed E-state index contributed by atoms with van der Waals surface area (Å²) < 4.78 is 0. The molecule has 1 aromatic rings. The molecule has 0 aromatic heterocycles. The van der Waals surface area contributed by atoms with Gasteiger partial charge in [-0.2, -0.15) is 0 Å². The number of hydrogen-bond donors (Lipinski definition) is 1. The van der Waals surface area contributed by atoms with Gasteiger partial charge in [-0.15, -0.1) is 28.4 Å². The highest BCUT2D eigenvalue weighted by molar-refractivity contribution is 6.18. The predicted octanol–water partition coefficient (Wildman–Crippen LogP) is 3.75. The van der Waals surface area contributed by atoms with Crippen molar-refractivity contribution in [2.45, 2.75) is 19.3 Å². The fraction of sp³-hybridized carbons (Fsp3) is 0.500. The second-order valence-electron chi connectivity index (χ2n) is 4.22. The van der Waals surface area contributed by atoms with Crippen molar-refractivity contribution in [1.82, 2.24) is 0 Å². The first-order valence-corrected chi connectivity index (χ1v) is 7.50. The van der Waals surface area contributed by atoms with Crippen molar-refractivity contribution >= 4 is 35.1 Å². The lowest BCUT2D eigenvalue weighted by Gasteiger charge is -2.23. The Kier molecular flexibility index (Phi) is 8.43. The van der Waals surface area contributed by atoms with E-state index in [0.29, 0.717) is 11.8 Å². The van der Waals surface area contributed by atoms with Crippen LogP contribution in [0, 0.1) is 0 Å². The lowest BCUT2D eigenvalue weighted by molar-refractivity contribution is 0.320. The summed E-state index contributed by atoms with van der Waals surface area (Å²) in [6.07, 6.45) is 4.29. The third-order valence-electron chi connectivity index (χ3n) is 2.89. The molecule has 0 saturated heterocycles. The molecule has 0 fully saturated rings. The Morgan fingerprint density at radius 3 is 2.26 bits per heavy atom. The molecule has 0 heterocycles. The fourth-order valence-corrected chi connectivity index (χ4v) is 2.31. The molecule has 0 aliphatic heterocycles. The Hall–Kier alpha value is -0.930. The van der Waals surface area contributed by atoms with Gasteiger partial charge in [-0.1, -0.05) is 12.1 Å². The number of oxime groups is 1. The van der Waals surface area contributed by atoms with Crippen molar-refractivity contribution < 1.29 is 5.21 Å². The first kappa shape index (κ1) is 16.1. The average molecular weight is 303 g/mol. The first-order chi connectivity index (χ1) is 9.31. The van der Waals surface area contributed by atoms with Gasteiger partial charge in [0.15, 0.2) is 0 Å². The summed E-state index contributed by atoms with van der Waals surface area (Å²) in [5.74, 6) is 1.19. The zero-order chi connectivity index (χ0) is 13.9. The largest absolute Gasteiger partial charge is 0.411 e. The molecule has 0 atom stereocenters. The highest BCUT2D eigenvalue weighted by Crippen LogP contribution is 2.16. The minimum atomic E-state index is 0.596. The van der Waals surface area contributed by atoms with Crippen LogP contribution >= 0.6 is 23.2 Å². The van der Waals surface area contributed by atoms with Crippen molar-refractivity contribution in [3.63, 3.8) is 0 Å². The third-order valence-corrected chi connectivity index (χ3v) is 3.23. The van der Waals surface area contributed by atoms with Crippen molar-refractivity contribution in [2.24, 2.45) is 5.16 Å². The molecule has 1 N–H and O–H groups in total. The molecule has 0 saturated carbocycles. The smallest absolute Gasteiger partial charge is 0.0436 e. The van der Waals surface area contributed by atoms with E-state index in [9.17, 15) is 0 Å². The molecular formula is C14H20Cl2N2O. The molecule has 0 spiro atoms. The van der Waals surface area contributed by atoms with Gasteiger partial charge in [0.25, 0.3) is 0 Å². The Morgan fingerprint density at radius 1 is 1.11 bits per heavy atom. The maximum Gasteiger partial charge on any atom is 0.0436 e. The van der Waals surface area contributed by atoms with Gasteiger partial charge in [0, 0.05) is 36.8 Å². The van der Waals surface area contributed by atoms with Gasteiger partial charge >= 0.3 is 0 Å². The van der Waals surface area contributed by atoms with Crippen LogP contribution in [0.15, 0.2) is 29.4 Å². The van der Waals surface area contributed by atoms with Gasteiger partial charge in [-0.3, -0.25) is 0 Å². The van der Waals surface area contributed by atoms with E-state index in [1.807, 2.05) is 0 Å². The number of aryl methyl sites for hydroxylation is 1. The Bertz CT molecular complexity index is 362. The number of unbranched alkanes of at least 4 members (excludes halogenated alkanes) is 1. The van der Waals surface area contributed by atoms with Gasteiger partial charge in [-0.25, -0.2) is 0 Å². The number of alkyl halides is 2. The van der Waals surface area contributed by atoms with Crippen LogP contribution in [0.2, 0.25) is 0 Å². The maximum atomic E-state index is 8.30. The number of hydrogen-bond acceptors (Lipinski definition) is 3. The number of halogens is 2. The minimum Gasteiger partial charge on any atom is -0.411 e. The Balaban J connectivity index is 2.53. The maximum absolute atomic E-state index is 8.30. The van der Waals surface area contributed by atoms with Crippen LogP contribution in [0.4, 0.5) is 5.69 Å². The van der Waals surface area contributed by atoms with E-state index in [2.05, 4.69) is 34.3 Å². The standard InChI is InChI=1S/C14H20Cl2N2O/c15-8-11-18(12-9-16)14-6-4-13(5-7-14)3-1-2-10-17-19/h4-7,10,19H,1-3,8-9,11-12H2/b17-10+. The van der Waals surface area contributed by atoms with Crippen molar-refractivity contribution in [3.8, 4) is 0 Å². The molecule has 0 bridgehead atoms. The summed E-state index contributed by atoms with van der Waals surface area (Å²) in [5, 5.41) is 11.3. The quantitative estimate of drug-likeness (QED) is 0.248. The van der Waals surface area contributed by atoms with E-state index in [1.54, 1.807) is 0 Å². The van der Waals surface area contributed by atoms with Gasteiger partial charge < -0.3 is 10.1 Å². The van der Waals surface area contributed by atoms with E-state index >= 15 is 0 Å². The molecule has 0 unspecified atom stereocenters. The van der Waals surface area contributed by atoms with Crippen molar-refractivity contribution in [3.05, 3.63) is 29.8 Å². The number of anilines is 1. The number of nitrogens with zero attached hydrogens (tertiary/aromatic N) is 2. The van der Waals surface area contributed by atoms with Gasteiger partial charge in [-0.05, 0) is 37.0 Å². The number of rotatable bonds is 9. The van der Waals surface area contributed by atoms with Crippen molar-refractivity contribution in [1.29, 1.82) is 0 Å². The molecule has 0 radical (unpaired) electrons. The molecule has 19 heavy (non-hydrogen) atoms. The molecule has 106 valence electrons. The van der Waals surface area contributed by atoms with Crippen molar-refractivity contribution in [2.75, 3.05) is 29.7 Å². The number of benzene rings is 1. The topological polar surface area (TPSA) is 35.8 Å². The highest BCUT2D eigenvalue weighted by Gasteiger charge is 2.04. The van der Waals surface area contributed by atoms with Crippen LogP contribution in [-0.4, -0.2) is 36.3 Å². The molecular weight excluding hydrogens is 283 g/mol. The van der Waals surface area contributed by atoms with Crippen LogP contribution < -0.4 is 4.90 Å². The van der Waals surface area contributed by atoms with E-state index in [4.69, 9.17) is 28.4 Å². The van der Waals surface area contributed by atoms with Gasteiger partial charge in [0.05, 0.1) is 0 Å². The third kappa shape index (κ3) is 6.17. The molecule has 0 amide bonds. The zero-order valence-corrected chi connectivity index (χ0v) is 12.4. The van der Waals surface area contributed by atoms with E-state index in [1.165, 1.54) is 11.8 Å². The van der Waals surface area contributed by atoms with Gasteiger partial charge in [0.2, 0.25) is 0 Å². The first-order valence-electron chi connectivity index (χ1n) is 6.43. The highest BCUT2D eigenvalue weighted by atomic mass is 35.5. The van der Waals surface area contributed by atoms with Crippen LogP contribution in [0.5, 0.6) is 0 Å². The van der Waals surface area contributed by atoms with E-state index in [0.717, 1.165) is 38.0 Å². The van der Waals surface area contributed by atoms with Crippen LogP contribution in [0.25, 0.3) is 0 Å². The molecule has 5 heteroatoms. The monoisotopic (exact) mass is 302 g/mol. The molecule has 0 aliphatic carbocycles. The lowest BCUT2D eigenvalue weighted by atomic mass is 10.1. The molecule has 1 aromatic carbocycles. The minimum absolute atomic E-state index is 0.596. The Labute approximate surface area is 124 Å². The predicted molar refractivity (Wildman–Crippen MR) is 83.3 cm³/mol. The summed E-state index contributed by atoms with van der Waals surface area (Å²) in [6.45, 7) is 1.61. The van der Waals surface area contributed by atoms with E-state index in [-0.39, 0.29) is 0 Å². The Morgan fingerprint density at radius 2 is 1.74 bits per heavy atom.